The fraction of sp³-hybridized carbons (Fsp3) is 0.208. The van der Waals surface area contributed by atoms with E-state index in [-0.39, 0.29) is 17.3 Å². The average Bonchev–Trinajstić information content (AvgIpc) is 2.81. The molecule has 3 aromatic carbocycles. The van der Waals surface area contributed by atoms with Gasteiger partial charge in [0.1, 0.15) is 11.5 Å². The maximum absolute atomic E-state index is 12.9. The first-order chi connectivity index (χ1) is 15.4. The minimum absolute atomic E-state index is 0.0440. The zero-order chi connectivity index (χ0) is 23.1. The van der Waals surface area contributed by atoms with E-state index in [0.29, 0.717) is 34.9 Å². The molecule has 0 bridgehead atoms. The Morgan fingerprint density at radius 1 is 0.969 bits per heavy atom. The number of para-hydroxylation sites is 2. The molecule has 1 N–H and O–H groups in total. The van der Waals surface area contributed by atoms with Gasteiger partial charge in [-0.2, -0.15) is 4.31 Å². The number of rotatable bonds is 9. The summed E-state index contributed by atoms with van der Waals surface area (Å²) in [6.45, 7) is 2.30. The van der Waals surface area contributed by atoms with Crippen LogP contribution in [0.3, 0.4) is 0 Å². The number of ether oxygens (including phenoxy) is 2. The highest BCUT2D eigenvalue weighted by Crippen LogP contribution is 2.27. The normalized spacial score (nSPS) is 11.2. The van der Waals surface area contributed by atoms with Crippen LogP contribution in [0.2, 0.25) is 0 Å². The van der Waals surface area contributed by atoms with Crippen LogP contribution in [-0.2, 0) is 16.6 Å². The van der Waals surface area contributed by atoms with E-state index >= 15 is 0 Å². The number of carbonyl (C=O) groups excluding carboxylic acids is 1. The van der Waals surface area contributed by atoms with Crippen molar-refractivity contribution in [3.8, 4) is 11.5 Å². The lowest BCUT2D eigenvalue weighted by molar-refractivity contribution is 0.102. The number of benzene rings is 3. The number of sulfonamides is 1. The van der Waals surface area contributed by atoms with Crippen LogP contribution < -0.4 is 14.8 Å². The molecule has 1 amide bonds. The summed E-state index contributed by atoms with van der Waals surface area (Å²) in [6.07, 6.45) is 0. The lowest BCUT2D eigenvalue weighted by Crippen LogP contribution is -2.27. The van der Waals surface area contributed by atoms with E-state index in [1.54, 1.807) is 66.7 Å². The quantitative estimate of drug-likeness (QED) is 0.525. The third kappa shape index (κ3) is 5.27. The van der Waals surface area contributed by atoms with Crippen molar-refractivity contribution in [1.82, 2.24) is 4.31 Å². The van der Waals surface area contributed by atoms with Crippen LogP contribution in [0.5, 0.6) is 11.5 Å². The number of methoxy groups -OCH3 is 1. The van der Waals surface area contributed by atoms with Crippen molar-refractivity contribution in [3.63, 3.8) is 0 Å². The molecule has 0 radical (unpaired) electrons. The van der Waals surface area contributed by atoms with Crippen LogP contribution in [-0.4, -0.2) is 39.4 Å². The molecule has 0 fully saturated rings. The van der Waals surface area contributed by atoms with Gasteiger partial charge in [0.05, 0.1) is 24.3 Å². The molecule has 0 aliphatic heterocycles. The van der Waals surface area contributed by atoms with E-state index in [2.05, 4.69) is 5.32 Å². The first kappa shape index (κ1) is 23.3. The second-order valence-corrected chi connectivity index (χ2v) is 9.03. The van der Waals surface area contributed by atoms with E-state index in [4.69, 9.17) is 9.47 Å². The Bertz CT molecular complexity index is 1180. The van der Waals surface area contributed by atoms with Gasteiger partial charge in [0, 0.05) is 24.7 Å². The Labute approximate surface area is 188 Å². The van der Waals surface area contributed by atoms with Crippen LogP contribution in [0.4, 0.5) is 5.69 Å². The highest BCUT2D eigenvalue weighted by molar-refractivity contribution is 7.89. The summed E-state index contributed by atoms with van der Waals surface area (Å²) < 4.78 is 38.0. The van der Waals surface area contributed by atoms with Crippen molar-refractivity contribution in [2.24, 2.45) is 0 Å². The third-order valence-corrected chi connectivity index (χ3v) is 6.64. The molecule has 3 rings (SSSR count). The zero-order valence-electron chi connectivity index (χ0n) is 18.2. The molecular formula is C24H26N2O5S. The van der Waals surface area contributed by atoms with E-state index in [0.717, 1.165) is 0 Å². The highest BCUT2D eigenvalue weighted by atomic mass is 32.2. The van der Waals surface area contributed by atoms with Gasteiger partial charge in [-0.25, -0.2) is 8.42 Å². The van der Waals surface area contributed by atoms with Crippen molar-refractivity contribution in [2.45, 2.75) is 18.4 Å². The molecule has 0 spiro atoms. The molecule has 3 aromatic rings. The smallest absolute Gasteiger partial charge is 0.255 e. The fourth-order valence-corrected chi connectivity index (χ4v) is 4.35. The van der Waals surface area contributed by atoms with Crippen molar-refractivity contribution in [2.75, 3.05) is 26.1 Å². The van der Waals surface area contributed by atoms with E-state index in [1.165, 1.54) is 18.5 Å². The van der Waals surface area contributed by atoms with Crippen LogP contribution in [0, 0.1) is 0 Å². The fourth-order valence-electron chi connectivity index (χ4n) is 3.18. The molecule has 7 nitrogen and oxygen atoms in total. The summed E-state index contributed by atoms with van der Waals surface area (Å²) in [4.78, 5) is 13.1. The Morgan fingerprint density at radius 2 is 1.66 bits per heavy atom. The molecule has 0 aliphatic carbocycles. The van der Waals surface area contributed by atoms with Gasteiger partial charge in [-0.3, -0.25) is 4.79 Å². The first-order valence-electron chi connectivity index (χ1n) is 10.1. The van der Waals surface area contributed by atoms with Crippen molar-refractivity contribution in [3.05, 3.63) is 83.9 Å². The lowest BCUT2D eigenvalue weighted by atomic mass is 10.1. The summed E-state index contributed by atoms with van der Waals surface area (Å²) in [6, 6.07) is 20.3. The second kappa shape index (κ2) is 10.3. The van der Waals surface area contributed by atoms with Crippen molar-refractivity contribution in [1.29, 1.82) is 0 Å². The molecule has 0 atom stereocenters. The minimum atomic E-state index is -3.70. The minimum Gasteiger partial charge on any atom is -0.495 e. The summed E-state index contributed by atoms with van der Waals surface area (Å²) in [7, 11) is -0.668. The second-order valence-electron chi connectivity index (χ2n) is 6.98. The average molecular weight is 455 g/mol. The Morgan fingerprint density at radius 3 is 2.34 bits per heavy atom. The molecular weight excluding hydrogens is 428 g/mol. The van der Waals surface area contributed by atoms with Gasteiger partial charge in [-0.1, -0.05) is 30.3 Å². The molecule has 168 valence electrons. The standard InChI is InChI=1S/C24H26N2O5S/c1-4-31-22-15-14-18(24(27)25-21-12-8-9-13-23(21)30-3)16-19(22)17-26(2)32(28,29)20-10-6-5-7-11-20/h5-16H,4,17H2,1-3H3,(H,25,27). The summed E-state index contributed by atoms with van der Waals surface area (Å²) in [5.74, 6) is 0.726. The maximum atomic E-state index is 12.9. The summed E-state index contributed by atoms with van der Waals surface area (Å²) in [5.41, 5.74) is 1.50. The van der Waals surface area contributed by atoms with E-state index in [1.807, 2.05) is 13.0 Å². The Balaban J connectivity index is 1.88. The van der Waals surface area contributed by atoms with Crippen LogP contribution in [0.1, 0.15) is 22.8 Å². The van der Waals surface area contributed by atoms with Gasteiger partial charge in [0.15, 0.2) is 0 Å². The third-order valence-electron chi connectivity index (χ3n) is 4.82. The molecule has 0 saturated carbocycles. The van der Waals surface area contributed by atoms with Crippen molar-refractivity contribution >= 4 is 21.6 Å². The molecule has 32 heavy (non-hydrogen) atoms. The largest absolute Gasteiger partial charge is 0.495 e. The molecule has 0 heterocycles. The topological polar surface area (TPSA) is 84.9 Å². The van der Waals surface area contributed by atoms with Crippen LogP contribution in [0.15, 0.2) is 77.7 Å². The molecule has 0 aromatic heterocycles. The Hall–Kier alpha value is -3.36. The van der Waals surface area contributed by atoms with E-state index < -0.39 is 10.0 Å². The van der Waals surface area contributed by atoms with Gasteiger partial charge in [0.2, 0.25) is 10.0 Å². The maximum Gasteiger partial charge on any atom is 0.255 e. The number of nitrogens with zero attached hydrogens (tertiary/aromatic N) is 1. The predicted octanol–water partition coefficient (Wildman–Crippen LogP) is 4.17. The van der Waals surface area contributed by atoms with Crippen LogP contribution in [0.25, 0.3) is 0 Å². The summed E-state index contributed by atoms with van der Waals surface area (Å²) in [5, 5.41) is 2.83. The highest BCUT2D eigenvalue weighted by Gasteiger charge is 2.22. The van der Waals surface area contributed by atoms with Gasteiger partial charge in [-0.15, -0.1) is 0 Å². The number of anilines is 1. The molecule has 0 saturated heterocycles. The Kier molecular flexibility index (Phi) is 7.50. The lowest BCUT2D eigenvalue weighted by Gasteiger charge is -2.20. The van der Waals surface area contributed by atoms with E-state index in [9.17, 15) is 13.2 Å². The molecule has 8 heteroatoms. The number of hydrogen-bond donors (Lipinski definition) is 1. The van der Waals surface area contributed by atoms with Gasteiger partial charge in [-0.05, 0) is 49.4 Å². The predicted molar refractivity (Wildman–Crippen MR) is 124 cm³/mol. The van der Waals surface area contributed by atoms with Gasteiger partial charge in [0.25, 0.3) is 5.91 Å². The van der Waals surface area contributed by atoms with Gasteiger partial charge >= 0.3 is 0 Å². The van der Waals surface area contributed by atoms with Crippen LogP contribution >= 0.6 is 0 Å². The monoisotopic (exact) mass is 454 g/mol. The number of carbonyl (C=O) groups is 1. The van der Waals surface area contributed by atoms with Gasteiger partial charge < -0.3 is 14.8 Å². The zero-order valence-corrected chi connectivity index (χ0v) is 19.1. The SMILES string of the molecule is CCOc1ccc(C(=O)Nc2ccccc2OC)cc1CN(C)S(=O)(=O)c1ccccc1. The molecule has 0 aliphatic rings. The van der Waals surface area contributed by atoms with Crippen molar-refractivity contribution < 1.29 is 22.7 Å². The summed E-state index contributed by atoms with van der Waals surface area (Å²) >= 11 is 0. The number of hydrogen-bond acceptors (Lipinski definition) is 5. The first-order valence-corrected chi connectivity index (χ1v) is 11.5. The number of amides is 1. The number of nitrogens with one attached hydrogen (secondary N) is 1. The molecule has 0 unspecified atom stereocenters.